The Balaban J connectivity index is 1.66. The number of carbonyl (C=O) groups is 1. The first-order valence-corrected chi connectivity index (χ1v) is 8.97. The van der Waals surface area contributed by atoms with Crippen molar-refractivity contribution in [3.8, 4) is 10.7 Å². The van der Waals surface area contributed by atoms with Gasteiger partial charge in [-0.1, -0.05) is 24.4 Å². The molecule has 0 aromatic carbocycles. The third-order valence-electron chi connectivity index (χ3n) is 4.25. The first kappa shape index (κ1) is 17.9. The van der Waals surface area contributed by atoms with Crippen LogP contribution in [-0.4, -0.2) is 16.0 Å². The molecule has 1 aliphatic rings. The maximum atomic E-state index is 12.7. The molecule has 2 heterocycles. The summed E-state index contributed by atoms with van der Waals surface area (Å²) in [6, 6.07) is 1.82. The molecule has 1 saturated carbocycles. The lowest BCUT2D eigenvalue weighted by Crippen LogP contribution is -2.33. The van der Waals surface area contributed by atoms with Gasteiger partial charge in [-0.3, -0.25) is 4.79 Å². The van der Waals surface area contributed by atoms with Gasteiger partial charge in [0.15, 0.2) is 0 Å². The summed E-state index contributed by atoms with van der Waals surface area (Å²) in [7, 11) is 0. The average Bonchev–Trinajstić information content (AvgIpc) is 3.24. The normalized spacial score (nSPS) is 17.4. The number of halogens is 3. The largest absolute Gasteiger partial charge is 0.425 e. The number of amides is 1. The van der Waals surface area contributed by atoms with E-state index in [9.17, 15) is 18.0 Å². The minimum absolute atomic E-state index is 0.00484. The van der Waals surface area contributed by atoms with Crippen molar-refractivity contribution in [2.24, 2.45) is 5.92 Å². The van der Waals surface area contributed by atoms with Crippen molar-refractivity contribution < 1.29 is 22.5 Å². The van der Waals surface area contributed by atoms with E-state index in [1.165, 1.54) is 6.07 Å². The second-order valence-electron chi connectivity index (χ2n) is 6.18. The number of nitrogens with one attached hydrogen (secondary N) is 1. The van der Waals surface area contributed by atoms with E-state index < -0.39 is 17.1 Å². The molecular weight excluding hydrogens is 355 g/mol. The van der Waals surface area contributed by atoms with Crippen LogP contribution in [0.4, 0.5) is 13.2 Å². The van der Waals surface area contributed by atoms with E-state index in [1.807, 2.05) is 0 Å². The fourth-order valence-corrected chi connectivity index (χ4v) is 3.68. The molecule has 2 aromatic heterocycles. The molecule has 5 nitrogen and oxygen atoms in total. The Morgan fingerprint density at radius 3 is 2.68 bits per heavy atom. The standard InChI is InChI=1S/C16H18F3N3O2S/c1-9(20-14(23)10-5-3-2-4-6-10)15-21-13(22-24-15)11-7-8-12(25-11)16(17,18)19/h7-10H,2-6H2,1H3,(H,20,23)/t9-/m0/s1. The molecule has 0 bridgehead atoms. The number of hydrogen-bond acceptors (Lipinski definition) is 5. The van der Waals surface area contributed by atoms with Crippen LogP contribution in [-0.2, 0) is 11.0 Å². The quantitative estimate of drug-likeness (QED) is 0.852. The zero-order valence-electron chi connectivity index (χ0n) is 13.6. The Labute approximate surface area is 146 Å². The van der Waals surface area contributed by atoms with Crippen molar-refractivity contribution in [2.45, 2.75) is 51.2 Å². The van der Waals surface area contributed by atoms with Gasteiger partial charge in [-0.2, -0.15) is 18.2 Å². The molecule has 0 radical (unpaired) electrons. The van der Waals surface area contributed by atoms with Gasteiger partial charge in [0.25, 0.3) is 0 Å². The minimum atomic E-state index is -4.39. The van der Waals surface area contributed by atoms with Crippen LogP contribution in [0.15, 0.2) is 16.7 Å². The molecule has 1 N–H and O–H groups in total. The monoisotopic (exact) mass is 373 g/mol. The summed E-state index contributed by atoms with van der Waals surface area (Å²) in [6.45, 7) is 1.72. The summed E-state index contributed by atoms with van der Waals surface area (Å²) in [5, 5.41) is 6.58. The second kappa shape index (κ2) is 7.15. The number of alkyl halides is 3. The highest BCUT2D eigenvalue weighted by molar-refractivity contribution is 7.15. The van der Waals surface area contributed by atoms with E-state index in [1.54, 1.807) is 6.92 Å². The van der Waals surface area contributed by atoms with E-state index in [0.717, 1.165) is 38.2 Å². The van der Waals surface area contributed by atoms with Crippen LogP contribution in [0.25, 0.3) is 10.7 Å². The van der Waals surface area contributed by atoms with Gasteiger partial charge in [0.05, 0.1) is 4.88 Å². The Kier molecular flexibility index (Phi) is 5.12. The Morgan fingerprint density at radius 2 is 2.04 bits per heavy atom. The summed E-state index contributed by atoms with van der Waals surface area (Å²) in [4.78, 5) is 15.9. The van der Waals surface area contributed by atoms with Crippen molar-refractivity contribution in [3.63, 3.8) is 0 Å². The molecule has 1 amide bonds. The third-order valence-corrected chi connectivity index (χ3v) is 5.38. The zero-order valence-corrected chi connectivity index (χ0v) is 14.4. The topological polar surface area (TPSA) is 68.0 Å². The van der Waals surface area contributed by atoms with Gasteiger partial charge in [0.1, 0.15) is 10.9 Å². The molecule has 3 rings (SSSR count). The van der Waals surface area contributed by atoms with Gasteiger partial charge in [-0.05, 0) is 31.9 Å². The van der Waals surface area contributed by atoms with E-state index in [0.29, 0.717) is 11.3 Å². The molecule has 0 aliphatic heterocycles. The summed E-state index contributed by atoms with van der Waals surface area (Å²) >= 11 is 0.557. The van der Waals surface area contributed by atoms with Crippen molar-refractivity contribution in [3.05, 3.63) is 22.9 Å². The SMILES string of the molecule is C[C@H](NC(=O)C1CCCCC1)c1nc(-c2ccc(C(F)(F)F)s2)no1. The Bertz CT molecular complexity index is 735. The van der Waals surface area contributed by atoms with Crippen molar-refractivity contribution >= 4 is 17.2 Å². The van der Waals surface area contributed by atoms with E-state index in [2.05, 4.69) is 15.5 Å². The molecule has 1 atom stereocenters. The van der Waals surface area contributed by atoms with Crippen LogP contribution in [0.1, 0.15) is 55.8 Å². The van der Waals surface area contributed by atoms with Crippen LogP contribution in [0, 0.1) is 5.92 Å². The number of thiophene rings is 1. The Morgan fingerprint density at radius 1 is 1.32 bits per heavy atom. The van der Waals surface area contributed by atoms with Crippen LogP contribution in [0.5, 0.6) is 0 Å². The summed E-state index contributed by atoms with van der Waals surface area (Å²) in [6.07, 6.45) is 0.629. The van der Waals surface area contributed by atoms with Crippen molar-refractivity contribution in [2.75, 3.05) is 0 Å². The predicted octanol–water partition coefficient (Wildman–Crippen LogP) is 4.57. The summed E-state index contributed by atoms with van der Waals surface area (Å²) < 4.78 is 43.1. The minimum Gasteiger partial charge on any atom is -0.344 e. The third kappa shape index (κ3) is 4.20. The van der Waals surface area contributed by atoms with Gasteiger partial charge in [-0.15, -0.1) is 11.3 Å². The first-order valence-electron chi connectivity index (χ1n) is 8.16. The number of aromatic nitrogens is 2. The number of carbonyl (C=O) groups excluding carboxylic acids is 1. The fourth-order valence-electron chi connectivity index (χ4n) is 2.88. The number of hydrogen-bond donors (Lipinski definition) is 1. The summed E-state index contributed by atoms with van der Waals surface area (Å²) in [5.41, 5.74) is 0. The van der Waals surface area contributed by atoms with Crippen LogP contribution >= 0.6 is 11.3 Å². The smallest absolute Gasteiger partial charge is 0.344 e. The first-order chi connectivity index (χ1) is 11.8. The van der Waals surface area contributed by atoms with Crippen LogP contribution in [0.2, 0.25) is 0 Å². The number of rotatable bonds is 4. The molecule has 0 spiro atoms. The van der Waals surface area contributed by atoms with Gasteiger partial charge in [0, 0.05) is 5.92 Å². The summed E-state index contributed by atoms with van der Waals surface area (Å²) in [5.74, 6) is 0.239. The predicted molar refractivity (Wildman–Crippen MR) is 85.7 cm³/mol. The maximum absolute atomic E-state index is 12.7. The average molecular weight is 373 g/mol. The molecule has 0 unspecified atom stereocenters. The molecule has 9 heteroatoms. The molecule has 1 aliphatic carbocycles. The van der Waals surface area contributed by atoms with Gasteiger partial charge in [-0.25, -0.2) is 0 Å². The fraction of sp³-hybridized carbons (Fsp3) is 0.562. The van der Waals surface area contributed by atoms with Crippen molar-refractivity contribution in [1.29, 1.82) is 0 Å². The molecule has 136 valence electrons. The molecule has 2 aromatic rings. The maximum Gasteiger partial charge on any atom is 0.425 e. The van der Waals surface area contributed by atoms with Crippen molar-refractivity contribution in [1.82, 2.24) is 15.5 Å². The highest BCUT2D eigenvalue weighted by atomic mass is 32.1. The van der Waals surface area contributed by atoms with E-state index in [4.69, 9.17) is 4.52 Å². The van der Waals surface area contributed by atoms with Gasteiger partial charge in [0.2, 0.25) is 17.6 Å². The lowest BCUT2D eigenvalue weighted by Gasteiger charge is -2.22. The van der Waals surface area contributed by atoms with E-state index in [-0.39, 0.29) is 28.4 Å². The second-order valence-corrected chi connectivity index (χ2v) is 7.27. The Hall–Kier alpha value is -1.90. The molecular formula is C16H18F3N3O2S. The highest BCUT2D eigenvalue weighted by Gasteiger charge is 2.33. The number of nitrogens with zero attached hydrogens (tertiary/aromatic N) is 2. The zero-order chi connectivity index (χ0) is 18.0. The molecule has 0 saturated heterocycles. The van der Waals surface area contributed by atoms with E-state index >= 15 is 0 Å². The van der Waals surface area contributed by atoms with Gasteiger partial charge < -0.3 is 9.84 Å². The highest BCUT2D eigenvalue weighted by Crippen LogP contribution is 2.37. The van der Waals surface area contributed by atoms with Crippen LogP contribution in [0.3, 0.4) is 0 Å². The lowest BCUT2D eigenvalue weighted by atomic mass is 9.88. The molecule has 1 fully saturated rings. The van der Waals surface area contributed by atoms with Crippen LogP contribution < -0.4 is 5.32 Å². The lowest BCUT2D eigenvalue weighted by molar-refractivity contribution is -0.134. The van der Waals surface area contributed by atoms with Gasteiger partial charge >= 0.3 is 6.18 Å². The molecule has 25 heavy (non-hydrogen) atoms.